The standard InChI is InChI=1S/C19H28N6O/c1-3-20-19(22-12-18-24-23-14-25(18)4-2)21-11-16-7-5-6-8-17(16)26-13-15-9-10-15/h5-8,14-15H,3-4,9-13H2,1-2H3,(H2,20,21,22). The summed E-state index contributed by atoms with van der Waals surface area (Å²) in [7, 11) is 0. The fourth-order valence-corrected chi connectivity index (χ4v) is 2.62. The van der Waals surface area contributed by atoms with Gasteiger partial charge in [0.25, 0.3) is 0 Å². The molecular formula is C19H28N6O. The SMILES string of the molecule is CCNC(=NCc1ccccc1OCC1CC1)NCc1nncn1CC. The van der Waals surface area contributed by atoms with E-state index in [0.29, 0.717) is 13.1 Å². The van der Waals surface area contributed by atoms with Crippen LogP contribution in [0.1, 0.15) is 38.1 Å². The van der Waals surface area contributed by atoms with Gasteiger partial charge in [0.1, 0.15) is 12.1 Å². The summed E-state index contributed by atoms with van der Waals surface area (Å²) < 4.78 is 7.98. The van der Waals surface area contributed by atoms with Gasteiger partial charge < -0.3 is 19.9 Å². The van der Waals surface area contributed by atoms with Gasteiger partial charge in [-0.25, -0.2) is 4.99 Å². The Bertz CT molecular complexity index is 722. The predicted octanol–water partition coefficient (Wildman–Crippen LogP) is 2.34. The van der Waals surface area contributed by atoms with Crippen molar-refractivity contribution >= 4 is 5.96 Å². The monoisotopic (exact) mass is 356 g/mol. The maximum absolute atomic E-state index is 5.97. The molecule has 0 bridgehead atoms. The first kappa shape index (κ1) is 18.2. The van der Waals surface area contributed by atoms with Crippen molar-refractivity contribution in [2.45, 2.75) is 46.3 Å². The Morgan fingerprint density at radius 3 is 2.88 bits per heavy atom. The van der Waals surface area contributed by atoms with Gasteiger partial charge in [0.15, 0.2) is 11.8 Å². The fourth-order valence-electron chi connectivity index (χ4n) is 2.62. The number of aryl methyl sites for hydroxylation is 1. The molecule has 3 rings (SSSR count). The zero-order valence-corrected chi connectivity index (χ0v) is 15.6. The molecule has 2 N–H and O–H groups in total. The number of rotatable bonds is 9. The van der Waals surface area contributed by atoms with Crippen molar-refractivity contribution in [2.24, 2.45) is 10.9 Å². The molecule has 1 aliphatic rings. The highest BCUT2D eigenvalue weighted by Gasteiger charge is 2.22. The molecule has 1 aromatic carbocycles. The number of benzene rings is 1. The van der Waals surface area contributed by atoms with Crippen molar-refractivity contribution in [1.82, 2.24) is 25.4 Å². The maximum Gasteiger partial charge on any atom is 0.191 e. The van der Waals surface area contributed by atoms with E-state index in [0.717, 1.165) is 48.7 Å². The van der Waals surface area contributed by atoms with Crippen LogP contribution < -0.4 is 15.4 Å². The number of nitrogens with one attached hydrogen (secondary N) is 2. The third kappa shape index (κ3) is 5.21. The Hall–Kier alpha value is -2.57. The normalized spacial score (nSPS) is 14.3. The van der Waals surface area contributed by atoms with Crippen LogP contribution in [0.3, 0.4) is 0 Å². The Morgan fingerprint density at radius 1 is 1.27 bits per heavy atom. The van der Waals surface area contributed by atoms with Gasteiger partial charge in [0.2, 0.25) is 0 Å². The minimum Gasteiger partial charge on any atom is -0.493 e. The van der Waals surface area contributed by atoms with Crippen LogP contribution in [0.5, 0.6) is 5.75 Å². The fraction of sp³-hybridized carbons (Fsp3) is 0.526. The number of guanidine groups is 1. The molecule has 1 saturated carbocycles. The van der Waals surface area contributed by atoms with Crippen LogP contribution in [0.4, 0.5) is 0 Å². The lowest BCUT2D eigenvalue weighted by molar-refractivity contribution is 0.297. The van der Waals surface area contributed by atoms with E-state index in [4.69, 9.17) is 9.73 Å². The van der Waals surface area contributed by atoms with Gasteiger partial charge in [-0.1, -0.05) is 18.2 Å². The molecule has 1 fully saturated rings. The summed E-state index contributed by atoms with van der Waals surface area (Å²) >= 11 is 0. The minimum atomic E-state index is 0.566. The number of aromatic nitrogens is 3. The Balaban J connectivity index is 1.61. The van der Waals surface area contributed by atoms with E-state index < -0.39 is 0 Å². The Labute approximate surface area is 154 Å². The minimum absolute atomic E-state index is 0.566. The molecule has 1 heterocycles. The second kappa shape index (κ2) is 9.22. The van der Waals surface area contributed by atoms with Gasteiger partial charge in [0, 0.05) is 18.7 Å². The highest BCUT2D eigenvalue weighted by molar-refractivity contribution is 5.79. The summed E-state index contributed by atoms with van der Waals surface area (Å²) in [4.78, 5) is 4.70. The molecule has 2 aromatic rings. The van der Waals surface area contributed by atoms with Crippen molar-refractivity contribution < 1.29 is 4.74 Å². The second-order valence-corrected chi connectivity index (χ2v) is 6.44. The largest absolute Gasteiger partial charge is 0.493 e. The zero-order chi connectivity index (χ0) is 18.2. The second-order valence-electron chi connectivity index (χ2n) is 6.44. The number of nitrogens with zero attached hydrogens (tertiary/aromatic N) is 4. The molecule has 1 aromatic heterocycles. The molecule has 7 nitrogen and oxygen atoms in total. The van der Waals surface area contributed by atoms with Gasteiger partial charge in [-0.2, -0.15) is 0 Å². The van der Waals surface area contributed by atoms with Gasteiger partial charge in [-0.15, -0.1) is 10.2 Å². The number of ether oxygens (including phenoxy) is 1. The van der Waals surface area contributed by atoms with E-state index in [2.05, 4.69) is 40.7 Å². The smallest absolute Gasteiger partial charge is 0.191 e. The molecule has 1 aliphatic carbocycles. The van der Waals surface area contributed by atoms with Crippen molar-refractivity contribution in [3.8, 4) is 5.75 Å². The zero-order valence-electron chi connectivity index (χ0n) is 15.6. The maximum atomic E-state index is 5.97. The van der Waals surface area contributed by atoms with E-state index in [1.165, 1.54) is 12.8 Å². The molecule has 0 unspecified atom stereocenters. The quantitative estimate of drug-likeness (QED) is 0.533. The Kier molecular flexibility index (Phi) is 6.46. The average Bonchev–Trinajstić information content (AvgIpc) is 3.39. The first-order chi connectivity index (χ1) is 12.8. The number of para-hydroxylation sites is 1. The van der Waals surface area contributed by atoms with Gasteiger partial charge >= 0.3 is 0 Å². The molecular weight excluding hydrogens is 328 g/mol. The lowest BCUT2D eigenvalue weighted by atomic mass is 10.2. The molecule has 140 valence electrons. The third-order valence-corrected chi connectivity index (χ3v) is 4.35. The molecule has 26 heavy (non-hydrogen) atoms. The molecule has 0 spiro atoms. The lowest BCUT2D eigenvalue weighted by Crippen LogP contribution is -2.37. The number of hydrogen-bond acceptors (Lipinski definition) is 4. The van der Waals surface area contributed by atoms with Crippen molar-refractivity contribution in [3.05, 3.63) is 42.0 Å². The lowest BCUT2D eigenvalue weighted by Gasteiger charge is -2.13. The first-order valence-corrected chi connectivity index (χ1v) is 9.39. The van der Waals surface area contributed by atoms with E-state index >= 15 is 0 Å². The third-order valence-electron chi connectivity index (χ3n) is 4.35. The van der Waals surface area contributed by atoms with Crippen molar-refractivity contribution in [1.29, 1.82) is 0 Å². The van der Waals surface area contributed by atoms with E-state index in [1.54, 1.807) is 6.33 Å². The van der Waals surface area contributed by atoms with Crippen LogP contribution in [-0.4, -0.2) is 33.9 Å². The van der Waals surface area contributed by atoms with Crippen LogP contribution in [0.15, 0.2) is 35.6 Å². The predicted molar refractivity (Wildman–Crippen MR) is 102 cm³/mol. The number of aliphatic imine (C=N–C) groups is 1. The van der Waals surface area contributed by atoms with Crippen LogP contribution in [0.2, 0.25) is 0 Å². The highest BCUT2D eigenvalue weighted by atomic mass is 16.5. The van der Waals surface area contributed by atoms with Gasteiger partial charge in [0.05, 0.1) is 19.7 Å². The summed E-state index contributed by atoms with van der Waals surface area (Å²) in [5.74, 6) is 3.33. The molecule has 0 atom stereocenters. The van der Waals surface area contributed by atoms with E-state index in [-0.39, 0.29) is 0 Å². The van der Waals surface area contributed by atoms with Crippen molar-refractivity contribution in [2.75, 3.05) is 13.2 Å². The number of hydrogen-bond donors (Lipinski definition) is 2. The summed E-state index contributed by atoms with van der Waals surface area (Å²) in [6.07, 6.45) is 4.32. The first-order valence-electron chi connectivity index (χ1n) is 9.39. The van der Waals surface area contributed by atoms with Gasteiger partial charge in [-0.05, 0) is 38.7 Å². The molecule has 0 radical (unpaired) electrons. The van der Waals surface area contributed by atoms with E-state index in [9.17, 15) is 0 Å². The van der Waals surface area contributed by atoms with Crippen LogP contribution in [0, 0.1) is 5.92 Å². The van der Waals surface area contributed by atoms with Crippen molar-refractivity contribution in [3.63, 3.8) is 0 Å². The topological polar surface area (TPSA) is 76.4 Å². The van der Waals surface area contributed by atoms with Crippen LogP contribution in [0.25, 0.3) is 0 Å². The molecule has 0 aliphatic heterocycles. The molecule has 0 saturated heterocycles. The molecule has 7 heteroatoms. The Morgan fingerprint density at radius 2 is 2.12 bits per heavy atom. The summed E-state index contributed by atoms with van der Waals surface area (Å²) in [5, 5.41) is 14.7. The summed E-state index contributed by atoms with van der Waals surface area (Å²) in [6, 6.07) is 8.13. The van der Waals surface area contributed by atoms with Gasteiger partial charge in [-0.3, -0.25) is 0 Å². The summed E-state index contributed by atoms with van der Waals surface area (Å²) in [6.45, 7) is 7.74. The van der Waals surface area contributed by atoms with Crippen LogP contribution in [-0.2, 0) is 19.6 Å². The van der Waals surface area contributed by atoms with Crippen LogP contribution >= 0.6 is 0 Å². The summed E-state index contributed by atoms with van der Waals surface area (Å²) in [5.41, 5.74) is 1.10. The average molecular weight is 356 g/mol. The molecule has 0 amide bonds. The van der Waals surface area contributed by atoms with E-state index in [1.807, 2.05) is 22.8 Å². The highest BCUT2D eigenvalue weighted by Crippen LogP contribution is 2.30.